The van der Waals surface area contributed by atoms with Crippen molar-refractivity contribution in [1.29, 1.82) is 0 Å². The molecule has 2 aromatic rings. The summed E-state index contributed by atoms with van der Waals surface area (Å²) >= 11 is 15.5. The third-order valence-corrected chi connectivity index (χ3v) is 7.13. The lowest BCUT2D eigenvalue weighted by Gasteiger charge is -2.34. The van der Waals surface area contributed by atoms with Gasteiger partial charge in [0.1, 0.15) is 10.7 Å². The molecule has 0 aliphatic carbocycles. The average molecular weight is 494 g/mol. The Morgan fingerprint density at radius 2 is 1.81 bits per heavy atom. The molecule has 0 amide bonds. The van der Waals surface area contributed by atoms with Crippen molar-refractivity contribution in [3.8, 4) is 0 Å². The summed E-state index contributed by atoms with van der Waals surface area (Å²) < 4.78 is 28.7. The molecule has 1 N–H and O–H groups in total. The van der Waals surface area contributed by atoms with Gasteiger partial charge in [0.2, 0.25) is 10.0 Å². The predicted molar refractivity (Wildman–Crippen MR) is 112 cm³/mol. The van der Waals surface area contributed by atoms with Crippen LogP contribution in [-0.4, -0.2) is 51.5 Å². The second kappa shape index (κ2) is 8.63. The molecule has 10 heteroatoms. The number of sulfonamides is 1. The molecule has 0 saturated carbocycles. The number of pyridine rings is 1. The Kier molecular flexibility index (Phi) is 6.66. The molecule has 0 bridgehead atoms. The van der Waals surface area contributed by atoms with E-state index >= 15 is 0 Å². The number of likely N-dealkylation sites (N-methyl/N-ethyl adjacent to an activating group) is 1. The standard InChI is InChI=1S/C17H19BrCl2N4O2S/c1-23-5-7-24(8-6-23)17-12(3-2-4-21-17)11-22-27(25,26)16-14(19)9-13(18)10-15(16)20/h2-4,9-10,22H,5-8,11H2,1H3. The number of rotatable bonds is 5. The number of hydrogen-bond donors (Lipinski definition) is 1. The van der Waals surface area contributed by atoms with Gasteiger partial charge in [-0.25, -0.2) is 18.1 Å². The number of halogens is 3. The van der Waals surface area contributed by atoms with Crippen LogP contribution in [-0.2, 0) is 16.6 Å². The van der Waals surface area contributed by atoms with Crippen LogP contribution in [0.1, 0.15) is 5.56 Å². The molecular weight excluding hydrogens is 475 g/mol. The van der Waals surface area contributed by atoms with Gasteiger partial charge in [-0.3, -0.25) is 0 Å². The van der Waals surface area contributed by atoms with Crippen molar-refractivity contribution in [2.24, 2.45) is 0 Å². The number of benzene rings is 1. The van der Waals surface area contributed by atoms with Gasteiger partial charge < -0.3 is 9.80 Å². The van der Waals surface area contributed by atoms with Gasteiger partial charge >= 0.3 is 0 Å². The lowest BCUT2D eigenvalue weighted by molar-refractivity contribution is 0.312. The Balaban J connectivity index is 1.81. The first-order chi connectivity index (χ1) is 12.8. The lowest BCUT2D eigenvalue weighted by Crippen LogP contribution is -2.45. The number of aromatic nitrogens is 1. The van der Waals surface area contributed by atoms with Gasteiger partial charge in [-0.2, -0.15) is 0 Å². The Labute approximate surface area is 177 Å². The molecule has 3 rings (SSSR count). The van der Waals surface area contributed by atoms with Crippen LogP contribution >= 0.6 is 39.1 Å². The number of anilines is 1. The fraction of sp³-hybridized carbons (Fsp3) is 0.353. The van der Waals surface area contributed by atoms with Gasteiger partial charge in [0, 0.05) is 49.0 Å². The van der Waals surface area contributed by atoms with Gasteiger partial charge in [0.25, 0.3) is 0 Å². The monoisotopic (exact) mass is 492 g/mol. The van der Waals surface area contributed by atoms with Crippen LogP contribution in [0.3, 0.4) is 0 Å². The van der Waals surface area contributed by atoms with Gasteiger partial charge in [0.05, 0.1) is 10.0 Å². The van der Waals surface area contributed by atoms with Crippen LogP contribution in [0.5, 0.6) is 0 Å². The Hall–Kier alpha value is -0.900. The minimum atomic E-state index is -3.88. The minimum absolute atomic E-state index is 0.0624. The summed E-state index contributed by atoms with van der Waals surface area (Å²) in [6, 6.07) is 6.67. The summed E-state index contributed by atoms with van der Waals surface area (Å²) in [5.41, 5.74) is 0.801. The fourth-order valence-electron chi connectivity index (χ4n) is 2.90. The van der Waals surface area contributed by atoms with Gasteiger partial charge in [-0.1, -0.05) is 45.2 Å². The molecule has 6 nitrogen and oxygen atoms in total. The van der Waals surface area contributed by atoms with Gasteiger partial charge in [-0.05, 0) is 25.2 Å². The van der Waals surface area contributed by atoms with Crippen LogP contribution in [0.25, 0.3) is 0 Å². The summed E-state index contributed by atoms with van der Waals surface area (Å²) in [4.78, 5) is 8.76. The van der Waals surface area contributed by atoms with Crippen LogP contribution in [0.4, 0.5) is 5.82 Å². The first kappa shape index (κ1) is 20.8. The van der Waals surface area contributed by atoms with E-state index in [0.29, 0.717) is 4.47 Å². The molecule has 1 aliphatic heterocycles. The molecule has 1 aromatic carbocycles. The van der Waals surface area contributed by atoms with Crippen LogP contribution in [0.15, 0.2) is 39.8 Å². The van der Waals surface area contributed by atoms with Crippen LogP contribution in [0.2, 0.25) is 10.0 Å². The summed E-state index contributed by atoms with van der Waals surface area (Å²) in [7, 11) is -1.80. The van der Waals surface area contributed by atoms with Crippen molar-refractivity contribution in [1.82, 2.24) is 14.6 Å². The highest BCUT2D eigenvalue weighted by atomic mass is 79.9. The Morgan fingerprint density at radius 1 is 1.19 bits per heavy atom. The molecule has 1 aliphatic rings. The third-order valence-electron chi connectivity index (χ3n) is 4.35. The first-order valence-corrected chi connectivity index (χ1v) is 11.3. The van der Waals surface area contributed by atoms with E-state index in [0.717, 1.165) is 37.6 Å². The number of piperazine rings is 1. The zero-order valence-corrected chi connectivity index (χ0v) is 18.5. The first-order valence-electron chi connectivity index (χ1n) is 8.29. The normalized spacial score (nSPS) is 15.9. The summed E-state index contributed by atoms with van der Waals surface area (Å²) in [6.45, 7) is 3.66. The zero-order chi connectivity index (χ0) is 19.6. The van der Waals surface area contributed by atoms with Crippen LogP contribution in [0, 0.1) is 0 Å². The van der Waals surface area contributed by atoms with Gasteiger partial charge in [0.15, 0.2) is 0 Å². The van der Waals surface area contributed by atoms with Crippen molar-refractivity contribution in [2.45, 2.75) is 11.4 Å². The highest BCUT2D eigenvalue weighted by Crippen LogP contribution is 2.33. The van der Waals surface area contributed by atoms with E-state index in [1.165, 1.54) is 12.1 Å². The highest BCUT2D eigenvalue weighted by Gasteiger charge is 2.24. The van der Waals surface area contributed by atoms with E-state index in [4.69, 9.17) is 23.2 Å². The summed E-state index contributed by atoms with van der Waals surface area (Å²) in [5.74, 6) is 0.793. The highest BCUT2D eigenvalue weighted by molar-refractivity contribution is 9.10. The third kappa shape index (κ3) is 4.93. The van der Waals surface area contributed by atoms with E-state index in [1.54, 1.807) is 12.3 Å². The summed E-state index contributed by atoms with van der Waals surface area (Å²) in [6.07, 6.45) is 1.72. The molecule has 146 valence electrons. The van der Waals surface area contributed by atoms with Crippen LogP contribution < -0.4 is 9.62 Å². The van der Waals surface area contributed by atoms with E-state index in [9.17, 15) is 8.42 Å². The minimum Gasteiger partial charge on any atom is -0.354 e. The summed E-state index contributed by atoms with van der Waals surface area (Å²) in [5, 5.41) is 0.125. The number of nitrogens with zero attached hydrogens (tertiary/aromatic N) is 3. The van der Waals surface area contributed by atoms with Crippen molar-refractivity contribution >= 4 is 55.0 Å². The van der Waals surface area contributed by atoms with Crippen molar-refractivity contribution in [3.05, 3.63) is 50.5 Å². The topological polar surface area (TPSA) is 65.5 Å². The van der Waals surface area contributed by atoms with Gasteiger partial charge in [-0.15, -0.1) is 0 Å². The Bertz CT molecular complexity index is 911. The molecule has 27 heavy (non-hydrogen) atoms. The molecule has 0 unspecified atom stereocenters. The van der Waals surface area contributed by atoms with Crippen molar-refractivity contribution < 1.29 is 8.42 Å². The SMILES string of the molecule is CN1CCN(c2ncccc2CNS(=O)(=O)c2c(Cl)cc(Br)cc2Cl)CC1. The maximum Gasteiger partial charge on any atom is 0.243 e. The van der Waals surface area contributed by atoms with E-state index < -0.39 is 10.0 Å². The molecule has 2 heterocycles. The smallest absolute Gasteiger partial charge is 0.243 e. The molecule has 0 radical (unpaired) electrons. The zero-order valence-electron chi connectivity index (χ0n) is 14.6. The maximum absolute atomic E-state index is 12.8. The van der Waals surface area contributed by atoms with Crippen molar-refractivity contribution in [2.75, 3.05) is 38.1 Å². The largest absolute Gasteiger partial charge is 0.354 e. The molecule has 0 spiro atoms. The van der Waals surface area contributed by atoms with E-state index in [-0.39, 0.29) is 21.5 Å². The lowest BCUT2D eigenvalue weighted by atomic mass is 10.2. The number of nitrogens with one attached hydrogen (secondary N) is 1. The second-order valence-corrected chi connectivity index (χ2v) is 9.73. The maximum atomic E-state index is 12.8. The van der Waals surface area contributed by atoms with Crippen molar-refractivity contribution in [3.63, 3.8) is 0 Å². The Morgan fingerprint density at radius 3 is 2.44 bits per heavy atom. The second-order valence-electron chi connectivity index (χ2n) is 6.30. The fourth-order valence-corrected chi connectivity index (χ4v) is 5.84. The van der Waals surface area contributed by atoms with E-state index in [1.807, 2.05) is 6.07 Å². The van der Waals surface area contributed by atoms with E-state index in [2.05, 4.69) is 42.5 Å². The predicted octanol–water partition coefficient (Wildman–Crippen LogP) is 3.38. The average Bonchev–Trinajstić information content (AvgIpc) is 2.60. The molecular formula is C17H19BrCl2N4O2S. The number of hydrogen-bond acceptors (Lipinski definition) is 5. The molecule has 1 fully saturated rings. The molecule has 1 aromatic heterocycles. The molecule has 0 atom stereocenters. The quantitative estimate of drug-likeness (QED) is 0.691. The molecule has 1 saturated heterocycles.